The van der Waals surface area contributed by atoms with Crippen LogP contribution in [-0.4, -0.2) is 47.3 Å². The normalized spacial score (nSPS) is 13.8. The number of alkyl halides is 3. The Labute approximate surface area is 117 Å². The molecule has 0 heterocycles. The van der Waals surface area contributed by atoms with Crippen molar-refractivity contribution in [1.82, 2.24) is 3.94 Å². The van der Waals surface area contributed by atoms with E-state index in [2.05, 4.69) is 0 Å². The highest BCUT2D eigenvalue weighted by molar-refractivity contribution is 6.34. The average molecular weight is 318 g/mol. The minimum Gasteiger partial charge on any atom is -1.00 e. The molecule has 17 heavy (non-hydrogen) atoms. The Bertz CT molecular complexity index is 230. The molecule has 0 aliphatic rings. The lowest BCUT2D eigenvalue weighted by molar-refractivity contribution is -0.895. The van der Waals surface area contributed by atoms with Crippen molar-refractivity contribution in [3.8, 4) is 0 Å². The number of quaternary nitrogens is 1. The Morgan fingerprint density at radius 3 is 1.82 bits per heavy atom. The third-order valence-electron chi connectivity index (χ3n) is 2.27. The summed E-state index contributed by atoms with van der Waals surface area (Å²) in [5.74, 6) is 0. The van der Waals surface area contributed by atoms with E-state index in [9.17, 15) is 13.2 Å². The minimum absolute atomic E-state index is 0. The van der Waals surface area contributed by atoms with Crippen LogP contribution in [-0.2, 0) is 0 Å². The first-order valence-corrected chi connectivity index (χ1v) is 5.54. The molecule has 0 N–H and O–H groups in total. The van der Waals surface area contributed by atoms with E-state index < -0.39 is 18.1 Å². The summed E-state index contributed by atoms with van der Waals surface area (Å²) in [7, 11) is 3.45. The molecule has 0 atom stereocenters. The lowest BCUT2D eigenvalue weighted by Crippen LogP contribution is -3.00. The van der Waals surface area contributed by atoms with Gasteiger partial charge < -0.3 is 16.9 Å². The van der Waals surface area contributed by atoms with Crippen molar-refractivity contribution in [3.63, 3.8) is 0 Å². The molecule has 0 aromatic heterocycles. The van der Waals surface area contributed by atoms with Crippen LogP contribution < -0.4 is 12.4 Å². The highest BCUT2D eigenvalue weighted by Gasteiger charge is 2.36. The first-order chi connectivity index (χ1) is 6.86. The average Bonchev–Trinajstić information content (AvgIpc) is 1.97. The first-order valence-electron chi connectivity index (χ1n) is 4.86. The van der Waals surface area contributed by atoms with E-state index in [1.165, 1.54) is 0 Å². The zero-order chi connectivity index (χ0) is 13.2. The molecule has 0 rings (SSSR count). The standard InChI is InChI=1S/C9H18Cl2F3N2.ClH/c1-8(2,15(10)11)7-16(3,4)6-5-9(12,13)14;/h5-7H2,1-4H3;1H/q+1;/p-1. The predicted molar refractivity (Wildman–Crippen MR) is 60.1 cm³/mol. The number of rotatable bonds is 5. The molecule has 0 saturated heterocycles. The van der Waals surface area contributed by atoms with E-state index in [1.54, 1.807) is 27.9 Å². The molecular formula is C9H18Cl3F3N2. The molecule has 0 unspecified atom stereocenters. The number of likely N-dealkylation sites (N-methyl/N-ethyl adjacent to an activating group) is 1. The molecule has 0 fully saturated rings. The highest BCUT2D eigenvalue weighted by atomic mass is 35.5. The fourth-order valence-electron chi connectivity index (χ4n) is 1.61. The van der Waals surface area contributed by atoms with Gasteiger partial charge in [0.2, 0.25) is 0 Å². The van der Waals surface area contributed by atoms with Crippen LogP contribution in [0.15, 0.2) is 0 Å². The second-order valence-corrected chi connectivity index (χ2v) is 6.08. The molecule has 0 aliphatic carbocycles. The summed E-state index contributed by atoms with van der Waals surface area (Å²) in [5.41, 5.74) is -0.571. The summed E-state index contributed by atoms with van der Waals surface area (Å²) in [6, 6.07) is 0. The van der Waals surface area contributed by atoms with Gasteiger partial charge in [-0.05, 0) is 37.4 Å². The second-order valence-electron chi connectivity index (χ2n) is 5.23. The van der Waals surface area contributed by atoms with Crippen molar-refractivity contribution in [3.05, 3.63) is 0 Å². The van der Waals surface area contributed by atoms with E-state index in [4.69, 9.17) is 23.6 Å². The number of hydrogen-bond donors (Lipinski definition) is 0. The minimum atomic E-state index is -4.12. The Kier molecular flexibility index (Phi) is 7.80. The van der Waals surface area contributed by atoms with Crippen molar-refractivity contribution in [2.24, 2.45) is 0 Å². The lowest BCUT2D eigenvalue weighted by Gasteiger charge is -2.38. The lowest BCUT2D eigenvalue weighted by atomic mass is 10.1. The number of halogens is 6. The molecule has 2 nitrogen and oxygen atoms in total. The van der Waals surface area contributed by atoms with Crippen LogP contribution >= 0.6 is 23.6 Å². The smallest absolute Gasteiger partial charge is 0.394 e. The maximum absolute atomic E-state index is 12.1. The van der Waals surface area contributed by atoms with Crippen molar-refractivity contribution in [2.45, 2.75) is 32.0 Å². The molecule has 0 radical (unpaired) electrons. The van der Waals surface area contributed by atoms with Crippen molar-refractivity contribution in [1.29, 1.82) is 0 Å². The van der Waals surface area contributed by atoms with Crippen LogP contribution in [0.4, 0.5) is 13.2 Å². The molecule has 0 saturated carbocycles. The molecule has 106 valence electrons. The van der Waals surface area contributed by atoms with Crippen molar-refractivity contribution < 1.29 is 30.1 Å². The number of nitrogens with zero attached hydrogens (tertiary/aromatic N) is 2. The fourth-order valence-corrected chi connectivity index (χ4v) is 1.72. The van der Waals surface area contributed by atoms with Crippen LogP contribution in [0.5, 0.6) is 0 Å². The summed E-state index contributed by atoms with van der Waals surface area (Å²) in [6.07, 6.45) is -4.93. The van der Waals surface area contributed by atoms with E-state index >= 15 is 0 Å². The molecular weight excluding hydrogens is 299 g/mol. The van der Waals surface area contributed by atoms with Gasteiger partial charge in [-0.25, -0.2) is 0 Å². The SMILES string of the molecule is CC(C)(C[N+](C)(C)CCC(F)(F)F)N(Cl)Cl.[Cl-]. The summed E-state index contributed by atoms with van der Waals surface area (Å²) in [5, 5.41) is 0. The van der Waals surface area contributed by atoms with Crippen molar-refractivity contribution >= 4 is 23.6 Å². The van der Waals surface area contributed by atoms with Crippen LogP contribution in [0.3, 0.4) is 0 Å². The Balaban J connectivity index is 0. The van der Waals surface area contributed by atoms with E-state index in [0.29, 0.717) is 6.54 Å². The molecule has 0 aliphatic heterocycles. The third kappa shape index (κ3) is 9.19. The van der Waals surface area contributed by atoms with Gasteiger partial charge in [0.15, 0.2) is 0 Å². The third-order valence-corrected chi connectivity index (χ3v) is 3.19. The topological polar surface area (TPSA) is 3.24 Å². The molecule has 0 amide bonds. The van der Waals surface area contributed by atoms with E-state index in [-0.39, 0.29) is 23.4 Å². The largest absolute Gasteiger partial charge is 1.00 e. The summed E-state index contributed by atoms with van der Waals surface area (Å²) in [4.78, 5) is 0. The van der Waals surface area contributed by atoms with Gasteiger partial charge in [0.1, 0.15) is 0 Å². The Hall–Kier alpha value is 0.580. The van der Waals surface area contributed by atoms with Gasteiger partial charge in [-0.15, -0.1) is 3.94 Å². The number of hydrogen-bond acceptors (Lipinski definition) is 1. The summed E-state index contributed by atoms with van der Waals surface area (Å²) < 4.78 is 37.5. The maximum atomic E-state index is 12.1. The molecule has 0 spiro atoms. The zero-order valence-corrected chi connectivity index (χ0v) is 12.6. The molecule has 0 aromatic rings. The van der Waals surface area contributed by atoms with E-state index in [0.717, 1.165) is 3.94 Å². The van der Waals surface area contributed by atoms with Crippen LogP contribution in [0.1, 0.15) is 20.3 Å². The zero-order valence-electron chi connectivity index (χ0n) is 10.3. The van der Waals surface area contributed by atoms with Gasteiger partial charge >= 0.3 is 6.18 Å². The second kappa shape index (κ2) is 6.66. The molecule has 0 aromatic carbocycles. The van der Waals surface area contributed by atoms with Gasteiger partial charge in [0.25, 0.3) is 0 Å². The van der Waals surface area contributed by atoms with Crippen LogP contribution in [0.25, 0.3) is 0 Å². The first kappa shape index (κ1) is 19.9. The van der Waals surface area contributed by atoms with Gasteiger partial charge in [0.05, 0.1) is 39.1 Å². The summed E-state index contributed by atoms with van der Waals surface area (Å²) in [6.45, 7) is 3.99. The van der Waals surface area contributed by atoms with Crippen molar-refractivity contribution in [2.75, 3.05) is 27.2 Å². The summed E-state index contributed by atoms with van der Waals surface area (Å²) >= 11 is 11.3. The van der Waals surface area contributed by atoms with Gasteiger partial charge in [0, 0.05) is 0 Å². The highest BCUT2D eigenvalue weighted by Crippen LogP contribution is 2.25. The molecule has 8 heteroatoms. The van der Waals surface area contributed by atoms with Gasteiger partial charge in [-0.2, -0.15) is 13.2 Å². The predicted octanol–water partition coefficient (Wildman–Crippen LogP) is 0.407. The van der Waals surface area contributed by atoms with Crippen LogP contribution in [0.2, 0.25) is 0 Å². The Morgan fingerprint density at radius 2 is 1.53 bits per heavy atom. The van der Waals surface area contributed by atoms with Crippen LogP contribution in [0, 0.1) is 0 Å². The Morgan fingerprint density at radius 1 is 1.12 bits per heavy atom. The van der Waals surface area contributed by atoms with Gasteiger partial charge in [-0.1, -0.05) is 0 Å². The maximum Gasteiger partial charge on any atom is 0.394 e. The molecule has 0 bridgehead atoms. The van der Waals surface area contributed by atoms with Gasteiger partial charge in [-0.3, -0.25) is 0 Å². The monoisotopic (exact) mass is 316 g/mol. The van der Waals surface area contributed by atoms with E-state index in [1.807, 2.05) is 0 Å². The quantitative estimate of drug-likeness (QED) is 0.524. The fraction of sp³-hybridized carbons (Fsp3) is 1.00.